The molecule has 0 bridgehead atoms. The first kappa shape index (κ1) is 92.4. The maximum Gasteiger partial charge on any atom is 0.381 e. The van der Waals surface area contributed by atoms with E-state index < -0.39 is 6.10 Å². The Kier molecular flexibility index (Phi) is 25.6. The van der Waals surface area contributed by atoms with Crippen LogP contribution < -0.4 is 97.0 Å². The highest BCUT2D eigenvalue weighted by molar-refractivity contribution is 5.93. The molecule has 144 heavy (non-hydrogen) atoms. The number of aromatic nitrogens is 16. The molecule has 5 aliphatic heterocycles. The minimum atomic E-state index is -0.590. The van der Waals surface area contributed by atoms with E-state index in [1.807, 2.05) is 100 Å². The molecule has 14 heterocycles. The van der Waals surface area contributed by atoms with Gasteiger partial charge >= 0.3 is 30.1 Å². The Morgan fingerprint density at radius 3 is 1.10 bits per heavy atom. The largest absolute Gasteiger partial charge is 0.424 e. The number of fused-ring (bicyclic) bond motifs is 16. The normalized spacial score (nSPS) is 17.5. The lowest BCUT2D eigenvalue weighted by molar-refractivity contribution is -0.599. The van der Waals surface area contributed by atoms with Gasteiger partial charge in [-0.2, -0.15) is 54.5 Å². The number of pyridine rings is 3. The van der Waals surface area contributed by atoms with Crippen molar-refractivity contribution in [3.05, 3.63) is 293 Å². The van der Waals surface area contributed by atoms with Gasteiger partial charge in [-0.1, -0.05) is 77.8 Å². The van der Waals surface area contributed by atoms with Gasteiger partial charge in [-0.25, -0.2) is 8.78 Å². The van der Waals surface area contributed by atoms with E-state index in [-0.39, 0.29) is 53.8 Å². The average molecular weight is 1930 g/mol. The van der Waals surface area contributed by atoms with Crippen molar-refractivity contribution in [3.8, 4) is 120 Å². The van der Waals surface area contributed by atoms with Crippen LogP contribution in [0.4, 0.5) is 60.5 Å². The second-order valence-electron chi connectivity index (χ2n) is 36.7. The third-order valence-electron chi connectivity index (χ3n) is 27.6. The van der Waals surface area contributed by atoms with Gasteiger partial charge in [-0.15, -0.1) is 0 Å². The first-order valence-corrected chi connectivity index (χ1v) is 48.2. The summed E-state index contributed by atoms with van der Waals surface area (Å²) in [6.07, 6.45) is 16.6. The molecule has 728 valence electrons. The van der Waals surface area contributed by atoms with Gasteiger partial charge in [0.25, 0.3) is 5.82 Å². The molecule has 35 nitrogen and oxygen atoms in total. The Morgan fingerprint density at radius 1 is 0.396 bits per heavy atom. The van der Waals surface area contributed by atoms with E-state index in [0.29, 0.717) is 79.1 Å². The Morgan fingerprint density at radius 2 is 0.771 bits per heavy atom. The number of hydrogen-bond donors (Lipinski definition) is 11. The van der Waals surface area contributed by atoms with Crippen LogP contribution in [0.2, 0.25) is 0 Å². The molecule has 5 fully saturated rings. The SMILES string of the molecule is CNc1cccc2c1Cc1nc(Oc3ccc(C)nc3)nc(N3CC[C@@H](N)C3)c1-2.CNc1cccc2c1Cc1nc(Oc3cccc(F)c3)nc(N3CC4CNC4C3)c1-2.CNc1cccc2c1Cc1nc(Oc3cccc(F)c3)nc(N3CC[C@@H](N)C3)c1-2.CNc1cccc2c1Cc1nc(Oc3cccnc3)nc(-[n+]3cn[nH]c3)c1-2.CNc1cccc2c1Cc1nc(Oc3cccnc3)nc(N3CC(N)C(O)C3)c1-2. The van der Waals surface area contributed by atoms with E-state index in [1.165, 1.54) is 63.2 Å². The van der Waals surface area contributed by atoms with E-state index in [2.05, 4.69) is 159 Å². The van der Waals surface area contributed by atoms with Crippen LogP contribution in [0.15, 0.2) is 220 Å². The molecular weight excluding hydrogens is 1830 g/mol. The Hall–Kier alpha value is -16.6. The lowest BCUT2D eigenvalue weighted by Crippen LogP contribution is -2.51. The molecule has 5 saturated heterocycles. The number of aromatic amines is 1. The van der Waals surface area contributed by atoms with Crippen molar-refractivity contribution in [2.24, 2.45) is 23.1 Å². The van der Waals surface area contributed by atoms with Crippen LogP contribution in [0, 0.1) is 24.5 Å². The van der Waals surface area contributed by atoms with Crippen LogP contribution in [0.3, 0.4) is 0 Å². The monoisotopic (exact) mass is 1930 g/mol. The number of aliphatic hydroxyl groups is 1. The summed E-state index contributed by atoms with van der Waals surface area (Å²) in [5, 5.41) is 36.9. The number of anilines is 9. The Labute approximate surface area is 828 Å². The number of β-amino-alcohol motifs (C(OH)–C–C–N with tert-alkyl or cyclic N) is 1. The van der Waals surface area contributed by atoms with Crippen molar-refractivity contribution in [1.29, 1.82) is 0 Å². The lowest BCUT2D eigenvalue weighted by Gasteiger charge is -2.29. The van der Waals surface area contributed by atoms with Gasteiger partial charge in [0.05, 0.1) is 58.7 Å². The van der Waals surface area contributed by atoms with Gasteiger partial charge < -0.3 is 97.5 Å². The van der Waals surface area contributed by atoms with Gasteiger partial charge in [0.2, 0.25) is 6.33 Å². The standard InChI is InChI=1S/C23H22FN5O.C22H22FN5O.C22H24N6O.C21H22N6O2.C19H15N7O/c1-25-18-7-3-6-16-17(18)9-19-21(16)22(29-11-13-10-26-20(13)12-29)28-23(27-19)30-15-5-2-4-14(24)8-15;1-25-18-7-3-6-16-17(18)11-19-20(16)21(28-9-8-14(24)12-28)27-22(26-19)29-15-5-2-4-13(23)10-15;1-13-6-7-15(11-25-13)29-22-26-19-10-17-16(4-3-5-18(17)24-2)20(19)21(27-22)28-9-8-14(23)12-28;1-23-16-6-2-5-13-14(16)8-17-19(13)20(27-10-15(22)18(28)11-27)26-21(25-17)29-12-4-3-7-24-9-12;1-20-15-6-2-5-13-14(15)8-16-17(13)18(26-10-22-23-11-26)25-19(24-16)27-12-4-3-7-21-9-12/h2-8,13,20,25-26H,9-12H2,1H3;2-7,10,14,25H,8-9,11-12,24H2,1H3;3-7,11,14,24H,8-10,12,23H2,1-2H3;2-7,9,15,18,23,28H,8,10-11,22H2,1H3;2-7,9-11,20H,8H2,1H3/p+1/t;2*14-;;/m.11../s1. The van der Waals surface area contributed by atoms with Crippen LogP contribution in [-0.4, -0.2) is 205 Å². The number of ether oxygens (including phenoxy) is 5. The van der Waals surface area contributed by atoms with Crippen LogP contribution in [0.25, 0.3) is 61.5 Å². The van der Waals surface area contributed by atoms with Crippen molar-refractivity contribution in [2.75, 3.05) is 140 Å². The topological polar surface area (TPSA) is 430 Å². The van der Waals surface area contributed by atoms with Crippen molar-refractivity contribution in [3.63, 3.8) is 0 Å². The zero-order chi connectivity index (χ0) is 98.3. The quantitative estimate of drug-likeness (QED) is 0.0316. The molecule has 0 spiro atoms. The predicted octanol–water partition coefficient (Wildman–Crippen LogP) is 14.2. The zero-order valence-corrected chi connectivity index (χ0v) is 80.0. The van der Waals surface area contributed by atoms with Gasteiger partial charge in [-0.05, 0) is 171 Å². The van der Waals surface area contributed by atoms with E-state index in [9.17, 15) is 13.9 Å². The number of halogens is 2. The van der Waals surface area contributed by atoms with Gasteiger partial charge in [0.15, 0.2) is 12.1 Å². The summed E-state index contributed by atoms with van der Waals surface area (Å²) < 4.78 is 58.5. The van der Waals surface area contributed by atoms with E-state index in [1.54, 1.807) is 74.0 Å². The zero-order valence-electron chi connectivity index (χ0n) is 80.0. The van der Waals surface area contributed by atoms with Crippen LogP contribution in [0.1, 0.15) is 74.8 Å². The van der Waals surface area contributed by atoms with Gasteiger partial charge in [0, 0.05) is 237 Å². The molecule has 0 saturated carbocycles. The minimum Gasteiger partial charge on any atom is -0.424 e. The molecule has 7 aromatic carbocycles. The summed E-state index contributed by atoms with van der Waals surface area (Å²) in [5.74, 6) is 6.64. The fraction of sp³-hybridized carbons (Fsp3) is 0.262. The smallest absolute Gasteiger partial charge is 0.381 e. The molecule has 0 radical (unpaired) electrons. The first-order valence-electron chi connectivity index (χ1n) is 48.2. The van der Waals surface area contributed by atoms with Crippen molar-refractivity contribution in [2.45, 2.75) is 82.1 Å². The Bertz CT molecular complexity index is 7490. The average Bonchev–Trinajstić information content (AvgIpc) is 1.59. The summed E-state index contributed by atoms with van der Waals surface area (Å²) >= 11 is 0. The molecule has 37 heteroatoms. The number of aliphatic hydroxyl groups excluding tert-OH is 1. The molecule has 26 rings (SSSR count). The number of hydrogen-bond acceptors (Lipinski definition) is 33. The molecule has 9 aromatic heterocycles. The fourth-order valence-corrected chi connectivity index (χ4v) is 20.6. The van der Waals surface area contributed by atoms with Crippen molar-refractivity contribution < 1.29 is 42.1 Å². The van der Waals surface area contributed by atoms with Gasteiger partial charge in [0.1, 0.15) is 57.9 Å². The number of nitrogens with zero attached hydrogens (tertiary/aromatic N) is 19. The summed E-state index contributed by atoms with van der Waals surface area (Å²) in [6, 6.07) is 56.2. The first-order chi connectivity index (χ1) is 70.4. The fourth-order valence-electron chi connectivity index (χ4n) is 20.6. The summed E-state index contributed by atoms with van der Waals surface area (Å²) in [7, 11) is 9.64. The minimum absolute atomic E-state index is 0.123. The van der Waals surface area contributed by atoms with Gasteiger partial charge in [-0.3, -0.25) is 15.0 Å². The maximum atomic E-state index is 13.6. The molecule has 6 atom stereocenters. The van der Waals surface area contributed by atoms with Crippen LogP contribution >= 0.6 is 0 Å². The third kappa shape index (κ3) is 18.6. The number of nitrogens with two attached hydrogens (primary N) is 3. The number of nitrogens with one attached hydrogen (secondary N) is 7. The summed E-state index contributed by atoms with van der Waals surface area (Å²) in [5.41, 5.74) is 46.5. The van der Waals surface area contributed by atoms with Crippen LogP contribution in [0.5, 0.6) is 58.8 Å². The van der Waals surface area contributed by atoms with E-state index in [0.717, 1.165) is 208 Å². The second-order valence-corrected chi connectivity index (χ2v) is 36.7. The number of H-pyrrole nitrogens is 1. The molecular formula is C107H106F2N29O6+. The molecule has 0 amide bonds. The molecule has 10 aliphatic rings. The maximum absolute atomic E-state index is 13.6. The predicted molar refractivity (Wildman–Crippen MR) is 547 cm³/mol. The molecule has 14 N–H and O–H groups in total. The molecule has 5 aliphatic carbocycles. The lowest BCUT2D eigenvalue weighted by atomic mass is 9.96. The summed E-state index contributed by atoms with van der Waals surface area (Å²) in [4.78, 5) is 68.6. The highest BCUT2D eigenvalue weighted by Gasteiger charge is 2.44. The van der Waals surface area contributed by atoms with Crippen molar-refractivity contribution >= 4 is 51.7 Å². The van der Waals surface area contributed by atoms with Crippen molar-refractivity contribution in [1.82, 2.24) is 80.3 Å². The highest BCUT2D eigenvalue weighted by atomic mass is 19.1. The number of aryl methyl sites for hydroxylation is 1. The number of rotatable bonds is 20. The third-order valence-corrected chi connectivity index (χ3v) is 27.6. The molecule has 4 unspecified atom stereocenters. The molecule has 16 aromatic rings. The highest BCUT2D eigenvalue weighted by Crippen LogP contribution is 2.52. The van der Waals surface area contributed by atoms with E-state index in [4.69, 9.17) is 75.8 Å². The second kappa shape index (κ2) is 39.8. The van der Waals surface area contributed by atoms with E-state index >= 15 is 0 Å². The number of benzene rings is 7. The summed E-state index contributed by atoms with van der Waals surface area (Å²) in [6.45, 7) is 9.11. The Balaban J connectivity index is 0.000000103. The van der Waals surface area contributed by atoms with Crippen LogP contribution in [-0.2, 0) is 32.1 Å².